The van der Waals surface area contributed by atoms with Gasteiger partial charge in [0.25, 0.3) is 0 Å². The van der Waals surface area contributed by atoms with Gasteiger partial charge in [-0.05, 0) is 40.2 Å². The van der Waals surface area contributed by atoms with Crippen LogP contribution in [0.3, 0.4) is 0 Å². The topological polar surface area (TPSA) is 163 Å². The van der Waals surface area contributed by atoms with Gasteiger partial charge in [-0.2, -0.15) is 0 Å². The third-order valence-electron chi connectivity index (χ3n) is 6.26. The predicted molar refractivity (Wildman–Crippen MR) is 159 cm³/mol. The smallest absolute Gasteiger partial charge is 0.348 e. The molecule has 2 saturated heterocycles. The van der Waals surface area contributed by atoms with Crippen LogP contribution in [-0.4, -0.2) is 73.2 Å². The van der Waals surface area contributed by atoms with Crippen LogP contribution in [0.4, 0.5) is 0 Å². The zero-order valence-corrected chi connectivity index (χ0v) is 27.2. The van der Waals surface area contributed by atoms with Crippen molar-refractivity contribution in [2.24, 2.45) is 22.7 Å². The maximum Gasteiger partial charge on any atom is 0.348 e. The van der Waals surface area contributed by atoms with Gasteiger partial charge in [-0.15, -0.1) is 0 Å². The maximum absolute atomic E-state index is 12.2. The Morgan fingerprint density at radius 1 is 0.791 bits per heavy atom. The van der Waals surface area contributed by atoms with Crippen molar-refractivity contribution in [3.8, 4) is 0 Å². The fourth-order valence-electron chi connectivity index (χ4n) is 3.77. The highest BCUT2D eigenvalue weighted by Gasteiger charge is 2.47. The van der Waals surface area contributed by atoms with E-state index in [9.17, 15) is 28.8 Å². The molecule has 12 heteroatoms. The van der Waals surface area contributed by atoms with Gasteiger partial charge >= 0.3 is 23.9 Å². The molecule has 2 fully saturated rings. The molecule has 2 N–H and O–H groups in total. The van der Waals surface area contributed by atoms with Gasteiger partial charge in [-0.25, -0.2) is 14.4 Å². The average Bonchev–Trinajstić information content (AvgIpc) is 3.31. The second kappa shape index (κ2) is 17.4. The van der Waals surface area contributed by atoms with Gasteiger partial charge in [0.05, 0.1) is 5.92 Å². The van der Waals surface area contributed by atoms with Gasteiger partial charge in [0, 0.05) is 34.9 Å². The molecule has 0 saturated carbocycles. The lowest BCUT2D eigenvalue weighted by molar-refractivity contribution is -0.166. The molecule has 2 rings (SSSR count). The van der Waals surface area contributed by atoms with Crippen molar-refractivity contribution < 1.29 is 47.7 Å². The number of amides is 2. The summed E-state index contributed by atoms with van der Waals surface area (Å²) in [7, 11) is 0. The van der Waals surface area contributed by atoms with E-state index >= 15 is 0 Å². The second-order valence-corrected chi connectivity index (χ2v) is 12.6. The third-order valence-corrected chi connectivity index (χ3v) is 6.26. The molecule has 0 radical (unpaired) electrons. The van der Waals surface area contributed by atoms with Gasteiger partial charge in [-0.1, -0.05) is 54.7 Å². The van der Waals surface area contributed by atoms with E-state index in [1.54, 1.807) is 27.7 Å². The van der Waals surface area contributed by atoms with Crippen molar-refractivity contribution in [3.63, 3.8) is 0 Å². The maximum atomic E-state index is 12.2. The summed E-state index contributed by atoms with van der Waals surface area (Å²) in [4.78, 5) is 68.0. The van der Waals surface area contributed by atoms with Crippen LogP contribution in [0, 0.1) is 22.7 Å². The highest BCUT2D eigenvalue weighted by atomic mass is 16.6. The molecular weight excluding hydrogens is 560 g/mol. The Hall–Kier alpha value is -3.70. The quantitative estimate of drug-likeness (QED) is 0.213. The summed E-state index contributed by atoms with van der Waals surface area (Å²) in [6, 6.07) is 0.270. The Morgan fingerprint density at radius 2 is 1.23 bits per heavy atom. The first-order chi connectivity index (χ1) is 19.7. The number of hydrogen-bond donors (Lipinski definition) is 2. The first-order valence-electron chi connectivity index (χ1n) is 14.3. The Balaban J connectivity index is 0.000000706. The van der Waals surface area contributed by atoms with Crippen LogP contribution in [0.25, 0.3) is 0 Å². The van der Waals surface area contributed by atoms with Crippen molar-refractivity contribution in [2.75, 3.05) is 13.2 Å². The molecule has 12 nitrogen and oxygen atoms in total. The number of hydrogen-bond acceptors (Lipinski definition) is 10. The number of carbonyl (C=O) groups excluding carboxylic acids is 6. The van der Waals surface area contributed by atoms with E-state index in [0.29, 0.717) is 6.42 Å². The average molecular weight is 611 g/mol. The van der Waals surface area contributed by atoms with Crippen LogP contribution >= 0.6 is 0 Å². The van der Waals surface area contributed by atoms with Crippen molar-refractivity contribution in [2.45, 2.75) is 99.9 Å². The molecule has 4 atom stereocenters. The van der Waals surface area contributed by atoms with E-state index in [1.807, 2.05) is 41.5 Å². The second-order valence-electron chi connectivity index (χ2n) is 12.6. The zero-order valence-electron chi connectivity index (χ0n) is 27.2. The molecule has 2 unspecified atom stereocenters. The Kier molecular flexibility index (Phi) is 15.9. The molecule has 43 heavy (non-hydrogen) atoms. The van der Waals surface area contributed by atoms with Crippen molar-refractivity contribution in [1.82, 2.24) is 10.6 Å². The van der Waals surface area contributed by atoms with Crippen molar-refractivity contribution >= 4 is 35.7 Å². The van der Waals surface area contributed by atoms with E-state index in [1.165, 1.54) is 6.08 Å². The SMILES string of the molecule is C=CC(=O)NC(C)C.C=CC(=O)O[C@H]1C(=O)OCC1(C)C.CC(C)NC(=O)C(C)CC(C)C(=O)O[C@H]1C(=O)OCC1(C)C. The number of esters is 4. The first kappa shape index (κ1) is 39.3. The van der Waals surface area contributed by atoms with E-state index in [2.05, 4.69) is 23.8 Å². The van der Waals surface area contributed by atoms with Crippen LogP contribution in [0.5, 0.6) is 0 Å². The minimum Gasteiger partial charge on any atom is -0.462 e. The molecule has 244 valence electrons. The fourth-order valence-corrected chi connectivity index (χ4v) is 3.77. The monoisotopic (exact) mass is 610 g/mol. The first-order valence-corrected chi connectivity index (χ1v) is 14.3. The van der Waals surface area contributed by atoms with Crippen LogP contribution in [0.15, 0.2) is 25.3 Å². The van der Waals surface area contributed by atoms with Crippen LogP contribution < -0.4 is 10.6 Å². The number of carbonyl (C=O) groups is 6. The summed E-state index contributed by atoms with van der Waals surface area (Å²) in [5, 5.41) is 5.45. The lowest BCUT2D eigenvalue weighted by atomic mass is 9.89. The standard InChI is InChI=1S/C16H27NO5.C9H12O4.C6H11NO/c1-9(2)17-13(18)10(3)7-11(4)14(19)22-12-15(20)21-8-16(12,5)6;1-4-6(10)13-7-8(11)12-5-9(7,2)3;1-4-6(8)7-5(2)3/h9-12H,7-8H2,1-6H3,(H,17,18);4,7H,1,5H2,2-3H3;4-5H,1H2,2-3H3,(H,7,8)/t10?,11?,12-;7-;/m00./s1. The van der Waals surface area contributed by atoms with Crippen molar-refractivity contribution in [1.29, 1.82) is 0 Å². The highest BCUT2D eigenvalue weighted by Crippen LogP contribution is 2.32. The van der Waals surface area contributed by atoms with Gasteiger partial charge in [0.2, 0.25) is 24.0 Å². The molecule has 0 aromatic rings. The van der Waals surface area contributed by atoms with E-state index < -0.39 is 52.8 Å². The summed E-state index contributed by atoms with van der Waals surface area (Å²) in [6.07, 6.45) is 0.988. The van der Waals surface area contributed by atoms with E-state index in [-0.39, 0.29) is 43.0 Å². The number of nitrogens with one attached hydrogen (secondary N) is 2. The minimum absolute atomic E-state index is 0.0614. The lowest BCUT2D eigenvalue weighted by Gasteiger charge is -2.24. The normalized spacial score (nSPS) is 20.9. The van der Waals surface area contributed by atoms with Crippen LogP contribution in [0.2, 0.25) is 0 Å². The largest absolute Gasteiger partial charge is 0.462 e. The molecule has 2 aliphatic heterocycles. The molecule has 0 aliphatic carbocycles. The summed E-state index contributed by atoms with van der Waals surface area (Å²) < 4.78 is 19.9. The summed E-state index contributed by atoms with van der Waals surface area (Å²) in [5.41, 5.74) is -0.969. The Morgan fingerprint density at radius 3 is 1.56 bits per heavy atom. The number of ether oxygens (including phenoxy) is 4. The number of cyclic esters (lactones) is 2. The Bertz CT molecular complexity index is 1030. The molecular formula is C31H50N2O10. The van der Waals surface area contributed by atoms with Gasteiger partial charge in [0.15, 0.2) is 0 Å². The molecule has 2 aliphatic rings. The van der Waals surface area contributed by atoms with Crippen molar-refractivity contribution in [3.05, 3.63) is 25.3 Å². The highest BCUT2D eigenvalue weighted by molar-refractivity contribution is 5.87. The van der Waals surface area contributed by atoms with Gasteiger partial charge < -0.3 is 29.6 Å². The van der Waals surface area contributed by atoms with Crippen LogP contribution in [0.1, 0.15) is 75.7 Å². The Labute approximate surface area is 255 Å². The van der Waals surface area contributed by atoms with Gasteiger partial charge in [0.1, 0.15) is 13.2 Å². The third kappa shape index (κ3) is 13.9. The number of rotatable bonds is 10. The predicted octanol–water partition coefficient (Wildman–Crippen LogP) is 3.03. The van der Waals surface area contributed by atoms with Crippen LogP contribution in [-0.2, 0) is 47.7 Å². The molecule has 2 amide bonds. The summed E-state index contributed by atoms with van der Waals surface area (Å²) in [5.74, 6) is -3.02. The van der Waals surface area contributed by atoms with Gasteiger partial charge in [-0.3, -0.25) is 14.4 Å². The van der Waals surface area contributed by atoms with E-state index in [0.717, 1.165) is 6.08 Å². The molecule has 0 bridgehead atoms. The minimum atomic E-state index is -0.873. The molecule has 0 spiro atoms. The summed E-state index contributed by atoms with van der Waals surface area (Å²) in [6.45, 7) is 25.4. The lowest BCUT2D eigenvalue weighted by Crippen LogP contribution is -2.38. The zero-order chi connectivity index (χ0) is 33.7. The molecule has 0 aromatic carbocycles. The fraction of sp³-hybridized carbons (Fsp3) is 0.677. The van der Waals surface area contributed by atoms with E-state index in [4.69, 9.17) is 18.9 Å². The molecule has 0 aromatic heterocycles. The summed E-state index contributed by atoms with van der Waals surface area (Å²) >= 11 is 0. The molecule has 2 heterocycles.